The number of anilines is 1. The van der Waals surface area contributed by atoms with Gasteiger partial charge in [-0.3, -0.25) is 4.79 Å². The molecular weight excluding hydrogens is 493 g/mol. The number of carbonyl (C=O) groups excluding carboxylic acids is 2. The molecular formula is C28H34FN3O4S. The summed E-state index contributed by atoms with van der Waals surface area (Å²) in [6.45, 7) is 4.67. The van der Waals surface area contributed by atoms with Gasteiger partial charge in [-0.2, -0.15) is 0 Å². The van der Waals surface area contributed by atoms with Crippen LogP contribution in [0.3, 0.4) is 0 Å². The largest absolute Gasteiger partial charge is 0.493 e. The van der Waals surface area contributed by atoms with Crippen molar-refractivity contribution in [3.05, 3.63) is 76.2 Å². The Bertz CT molecular complexity index is 1170. The van der Waals surface area contributed by atoms with E-state index in [1.165, 1.54) is 23.1 Å². The average Bonchev–Trinajstić information content (AvgIpc) is 3.42. The van der Waals surface area contributed by atoms with E-state index in [0.717, 1.165) is 10.4 Å². The number of methoxy groups -OCH3 is 2. The van der Waals surface area contributed by atoms with E-state index in [4.69, 9.17) is 9.47 Å². The maximum atomic E-state index is 13.6. The standard InChI is InChI=1S/C28H34FN3O4S/c1-5-20(2)32(28(34)30-23-9-6-8-22(29)17-23)19-27(33)31(18-24-10-7-15-37-24)14-13-21-11-12-25(35-3)26(16-21)36-4/h6-12,15-17,20H,5,13-14,18-19H2,1-4H3,(H,30,34). The molecule has 37 heavy (non-hydrogen) atoms. The van der Waals surface area contributed by atoms with Gasteiger partial charge < -0.3 is 24.6 Å². The number of hydrogen-bond donors (Lipinski definition) is 1. The number of amides is 3. The molecule has 3 rings (SSSR count). The van der Waals surface area contributed by atoms with E-state index in [2.05, 4.69) is 5.32 Å². The second-order valence-electron chi connectivity index (χ2n) is 8.66. The van der Waals surface area contributed by atoms with Gasteiger partial charge >= 0.3 is 6.03 Å². The zero-order chi connectivity index (χ0) is 26.8. The Balaban J connectivity index is 1.76. The molecule has 9 heteroatoms. The van der Waals surface area contributed by atoms with Gasteiger partial charge in [-0.25, -0.2) is 9.18 Å². The van der Waals surface area contributed by atoms with Crippen molar-refractivity contribution in [2.24, 2.45) is 0 Å². The van der Waals surface area contributed by atoms with E-state index in [0.29, 0.717) is 43.1 Å². The molecule has 2 aromatic carbocycles. The zero-order valence-corrected chi connectivity index (χ0v) is 22.5. The Morgan fingerprint density at radius 3 is 2.49 bits per heavy atom. The smallest absolute Gasteiger partial charge is 0.322 e. The first-order valence-electron chi connectivity index (χ1n) is 12.2. The maximum Gasteiger partial charge on any atom is 0.322 e. The summed E-state index contributed by atoms with van der Waals surface area (Å²) in [5, 5.41) is 4.70. The molecule has 1 aromatic heterocycles. The summed E-state index contributed by atoms with van der Waals surface area (Å²) in [6, 6.07) is 14.7. The van der Waals surface area contributed by atoms with E-state index < -0.39 is 11.8 Å². The van der Waals surface area contributed by atoms with E-state index in [9.17, 15) is 14.0 Å². The van der Waals surface area contributed by atoms with E-state index in [-0.39, 0.29) is 18.5 Å². The Morgan fingerprint density at radius 1 is 1.05 bits per heavy atom. The predicted molar refractivity (Wildman–Crippen MR) is 145 cm³/mol. The Hall–Kier alpha value is -3.59. The number of nitrogens with one attached hydrogen (secondary N) is 1. The van der Waals surface area contributed by atoms with Crippen molar-refractivity contribution in [1.82, 2.24) is 9.80 Å². The molecule has 3 aromatic rings. The number of carbonyl (C=O) groups is 2. The number of thiophene rings is 1. The molecule has 7 nitrogen and oxygen atoms in total. The zero-order valence-electron chi connectivity index (χ0n) is 21.7. The van der Waals surface area contributed by atoms with Crippen LogP contribution in [-0.2, 0) is 17.8 Å². The van der Waals surface area contributed by atoms with Gasteiger partial charge in [0.25, 0.3) is 0 Å². The van der Waals surface area contributed by atoms with Gasteiger partial charge in [0.05, 0.1) is 20.8 Å². The average molecular weight is 528 g/mol. The summed E-state index contributed by atoms with van der Waals surface area (Å²) in [5.74, 6) is 0.671. The molecule has 0 radical (unpaired) electrons. The molecule has 0 saturated carbocycles. The van der Waals surface area contributed by atoms with Gasteiger partial charge in [0, 0.05) is 23.2 Å². The SMILES string of the molecule is CCC(C)N(CC(=O)N(CCc1ccc(OC)c(OC)c1)Cc1cccs1)C(=O)Nc1cccc(F)c1. The lowest BCUT2D eigenvalue weighted by Gasteiger charge is -2.31. The van der Waals surface area contributed by atoms with Gasteiger partial charge in [-0.1, -0.05) is 25.1 Å². The fourth-order valence-corrected chi connectivity index (χ4v) is 4.56. The van der Waals surface area contributed by atoms with Crippen LogP contribution in [-0.4, -0.2) is 55.1 Å². The molecule has 0 aliphatic heterocycles. The number of hydrogen-bond acceptors (Lipinski definition) is 5. The lowest BCUT2D eigenvalue weighted by molar-refractivity contribution is -0.132. The monoisotopic (exact) mass is 527 g/mol. The van der Waals surface area contributed by atoms with E-state index in [1.807, 2.05) is 49.6 Å². The molecule has 198 valence electrons. The minimum absolute atomic E-state index is 0.0898. The van der Waals surface area contributed by atoms with Crippen LogP contribution in [0.1, 0.15) is 30.7 Å². The summed E-state index contributed by atoms with van der Waals surface area (Å²) in [7, 11) is 3.18. The van der Waals surface area contributed by atoms with Gasteiger partial charge in [0.15, 0.2) is 11.5 Å². The second kappa shape index (κ2) is 13.6. The van der Waals surface area contributed by atoms with Crippen molar-refractivity contribution in [2.75, 3.05) is 32.6 Å². The lowest BCUT2D eigenvalue weighted by atomic mass is 10.1. The summed E-state index contributed by atoms with van der Waals surface area (Å²) in [5.41, 5.74) is 1.35. The molecule has 1 unspecified atom stereocenters. The number of ether oxygens (including phenoxy) is 2. The lowest BCUT2D eigenvalue weighted by Crippen LogP contribution is -2.48. The highest BCUT2D eigenvalue weighted by molar-refractivity contribution is 7.09. The van der Waals surface area contributed by atoms with Crippen LogP contribution in [0.25, 0.3) is 0 Å². The van der Waals surface area contributed by atoms with Crippen molar-refractivity contribution in [1.29, 1.82) is 0 Å². The van der Waals surface area contributed by atoms with Crippen molar-refractivity contribution < 1.29 is 23.5 Å². The van der Waals surface area contributed by atoms with Gasteiger partial charge in [0.2, 0.25) is 5.91 Å². The number of urea groups is 1. The van der Waals surface area contributed by atoms with E-state index >= 15 is 0 Å². The molecule has 1 heterocycles. The van der Waals surface area contributed by atoms with Crippen LogP contribution in [0.4, 0.5) is 14.9 Å². The number of nitrogens with zero attached hydrogens (tertiary/aromatic N) is 2. The third-order valence-electron chi connectivity index (χ3n) is 6.16. The molecule has 0 aliphatic carbocycles. The van der Waals surface area contributed by atoms with Gasteiger partial charge in [-0.15, -0.1) is 11.3 Å². The van der Waals surface area contributed by atoms with Crippen LogP contribution in [0.2, 0.25) is 0 Å². The normalized spacial score (nSPS) is 11.5. The van der Waals surface area contributed by atoms with Crippen LogP contribution >= 0.6 is 11.3 Å². The highest BCUT2D eigenvalue weighted by atomic mass is 32.1. The summed E-state index contributed by atoms with van der Waals surface area (Å²) < 4.78 is 24.3. The fourth-order valence-electron chi connectivity index (χ4n) is 3.84. The molecule has 0 aliphatic rings. The van der Waals surface area contributed by atoms with Gasteiger partial charge in [0.1, 0.15) is 12.4 Å². The first-order chi connectivity index (χ1) is 17.8. The van der Waals surface area contributed by atoms with E-state index in [1.54, 1.807) is 36.5 Å². The minimum Gasteiger partial charge on any atom is -0.493 e. The Labute approximate surface area is 221 Å². The molecule has 0 spiro atoms. The third kappa shape index (κ3) is 7.95. The first kappa shape index (κ1) is 28.0. The molecule has 1 N–H and O–H groups in total. The minimum atomic E-state index is -0.443. The first-order valence-corrected chi connectivity index (χ1v) is 13.1. The second-order valence-corrected chi connectivity index (χ2v) is 9.69. The number of benzene rings is 2. The van der Waals surface area contributed by atoms with Crippen LogP contribution in [0, 0.1) is 5.82 Å². The summed E-state index contributed by atoms with van der Waals surface area (Å²) in [6.07, 6.45) is 1.27. The summed E-state index contributed by atoms with van der Waals surface area (Å²) in [4.78, 5) is 31.0. The number of halogens is 1. The molecule has 1 atom stereocenters. The highest BCUT2D eigenvalue weighted by Gasteiger charge is 2.25. The Kier molecular flexibility index (Phi) is 10.3. The fraction of sp³-hybridized carbons (Fsp3) is 0.357. The van der Waals surface area contributed by atoms with Crippen molar-refractivity contribution >= 4 is 29.0 Å². The molecule has 0 fully saturated rings. The van der Waals surface area contributed by atoms with Crippen LogP contribution in [0.5, 0.6) is 11.5 Å². The van der Waals surface area contributed by atoms with Crippen molar-refractivity contribution in [3.8, 4) is 11.5 Å². The van der Waals surface area contributed by atoms with Crippen LogP contribution in [0.15, 0.2) is 60.0 Å². The number of rotatable bonds is 12. The molecule has 3 amide bonds. The van der Waals surface area contributed by atoms with Crippen LogP contribution < -0.4 is 14.8 Å². The molecule has 0 bridgehead atoms. The van der Waals surface area contributed by atoms with Crippen molar-refractivity contribution in [2.45, 2.75) is 39.3 Å². The van der Waals surface area contributed by atoms with Gasteiger partial charge in [-0.05, 0) is 67.1 Å². The third-order valence-corrected chi connectivity index (χ3v) is 7.02. The quantitative estimate of drug-likeness (QED) is 0.323. The highest BCUT2D eigenvalue weighted by Crippen LogP contribution is 2.28. The predicted octanol–water partition coefficient (Wildman–Crippen LogP) is 5.81. The Morgan fingerprint density at radius 2 is 1.84 bits per heavy atom. The maximum absolute atomic E-state index is 13.6. The molecule has 0 saturated heterocycles. The van der Waals surface area contributed by atoms with Crippen molar-refractivity contribution in [3.63, 3.8) is 0 Å². The summed E-state index contributed by atoms with van der Waals surface area (Å²) >= 11 is 1.58. The topological polar surface area (TPSA) is 71.1 Å².